The molecule has 1 heterocycles. The average molecular weight is 248 g/mol. The van der Waals surface area contributed by atoms with E-state index >= 15 is 0 Å². The van der Waals surface area contributed by atoms with Crippen LogP contribution in [0.4, 0.5) is 4.39 Å². The van der Waals surface area contributed by atoms with Crippen molar-refractivity contribution in [3.63, 3.8) is 0 Å². The molecule has 0 saturated carbocycles. The lowest BCUT2D eigenvalue weighted by Crippen LogP contribution is -2.23. The van der Waals surface area contributed by atoms with Gasteiger partial charge < -0.3 is 4.74 Å². The zero-order valence-electron chi connectivity index (χ0n) is 10.2. The van der Waals surface area contributed by atoms with E-state index in [1.807, 2.05) is 0 Å². The molecule has 1 atom stereocenters. The number of carbonyl (C=O) groups is 2. The van der Waals surface area contributed by atoms with Crippen LogP contribution in [0.15, 0.2) is 35.6 Å². The minimum atomic E-state index is -0.417. The van der Waals surface area contributed by atoms with Crippen molar-refractivity contribution in [3.05, 3.63) is 47.0 Å². The summed E-state index contributed by atoms with van der Waals surface area (Å²) in [7, 11) is 0. The Morgan fingerprint density at radius 1 is 1.44 bits per heavy atom. The number of Topliss-reactive ketones (excluding diaryl/α,β-unsaturated/α-hetero) is 1. The molecule has 4 heteroatoms. The highest BCUT2D eigenvalue weighted by Gasteiger charge is 2.31. The molecule has 0 saturated heterocycles. The topological polar surface area (TPSA) is 43.4 Å². The lowest BCUT2D eigenvalue weighted by molar-refractivity contribution is -0.141. The molecule has 1 aliphatic heterocycles. The first kappa shape index (κ1) is 12.5. The number of rotatable bonds is 2. The van der Waals surface area contributed by atoms with Crippen molar-refractivity contribution in [2.75, 3.05) is 0 Å². The fourth-order valence-corrected chi connectivity index (χ4v) is 2.28. The summed E-state index contributed by atoms with van der Waals surface area (Å²) in [6.45, 7) is 3.00. The van der Waals surface area contributed by atoms with Crippen molar-refractivity contribution in [2.45, 2.75) is 26.2 Å². The Hall–Kier alpha value is -1.97. The minimum absolute atomic E-state index is 0.0652. The first-order chi connectivity index (χ1) is 8.49. The second-order valence-corrected chi connectivity index (χ2v) is 4.31. The van der Waals surface area contributed by atoms with Crippen LogP contribution in [0.3, 0.4) is 0 Å². The molecule has 1 aromatic carbocycles. The summed E-state index contributed by atoms with van der Waals surface area (Å²) in [5, 5.41) is 0. The Morgan fingerprint density at radius 2 is 2.17 bits per heavy atom. The van der Waals surface area contributed by atoms with Gasteiger partial charge in [-0.15, -0.1) is 0 Å². The zero-order chi connectivity index (χ0) is 13.3. The van der Waals surface area contributed by atoms with Crippen molar-refractivity contribution >= 4 is 11.8 Å². The van der Waals surface area contributed by atoms with Crippen LogP contribution in [0.2, 0.25) is 0 Å². The molecule has 18 heavy (non-hydrogen) atoms. The molecule has 0 spiro atoms. The third-order valence-electron chi connectivity index (χ3n) is 3.00. The number of halogens is 1. The number of hydrogen-bond donors (Lipinski definition) is 0. The van der Waals surface area contributed by atoms with Crippen LogP contribution < -0.4 is 0 Å². The highest BCUT2D eigenvalue weighted by Crippen LogP contribution is 2.35. The third-order valence-corrected chi connectivity index (χ3v) is 3.00. The lowest BCUT2D eigenvalue weighted by atomic mass is 9.84. The van der Waals surface area contributed by atoms with E-state index in [2.05, 4.69) is 0 Å². The van der Waals surface area contributed by atoms with Crippen molar-refractivity contribution in [3.8, 4) is 0 Å². The van der Waals surface area contributed by atoms with Crippen LogP contribution in [0.25, 0.3) is 0 Å². The van der Waals surface area contributed by atoms with Gasteiger partial charge in [0.25, 0.3) is 0 Å². The van der Waals surface area contributed by atoms with E-state index in [1.54, 1.807) is 19.1 Å². The number of carbonyl (C=O) groups excluding carboxylic acids is 2. The molecule has 0 N–H and O–H groups in total. The van der Waals surface area contributed by atoms with E-state index in [-0.39, 0.29) is 18.0 Å². The summed E-state index contributed by atoms with van der Waals surface area (Å²) in [5.74, 6) is -1.04. The van der Waals surface area contributed by atoms with Gasteiger partial charge in [-0.3, -0.25) is 9.59 Å². The fourth-order valence-electron chi connectivity index (χ4n) is 2.28. The van der Waals surface area contributed by atoms with Crippen LogP contribution in [0, 0.1) is 5.82 Å². The van der Waals surface area contributed by atoms with E-state index in [9.17, 15) is 14.0 Å². The number of hydrogen-bond acceptors (Lipinski definition) is 3. The van der Waals surface area contributed by atoms with Gasteiger partial charge in [-0.1, -0.05) is 12.1 Å². The molecule has 0 amide bonds. The summed E-state index contributed by atoms with van der Waals surface area (Å²) in [4.78, 5) is 23.1. The van der Waals surface area contributed by atoms with E-state index in [0.717, 1.165) is 0 Å². The maximum Gasteiger partial charge on any atom is 0.311 e. The second kappa shape index (κ2) is 4.72. The van der Waals surface area contributed by atoms with Crippen molar-refractivity contribution in [2.24, 2.45) is 0 Å². The monoisotopic (exact) mass is 248 g/mol. The molecular weight excluding hydrogens is 235 g/mol. The van der Waals surface area contributed by atoms with Crippen LogP contribution in [0.1, 0.15) is 31.7 Å². The molecule has 0 unspecified atom stereocenters. The zero-order valence-corrected chi connectivity index (χ0v) is 10.2. The summed E-state index contributed by atoms with van der Waals surface area (Å²) >= 11 is 0. The molecule has 3 nitrogen and oxygen atoms in total. The van der Waals surface area contributed by atoms with E-state index in [0.29, 0.717) is 16.9 Å². The van der Waals surface area contributed by atoms with Gasteiger partial charge in [0.05, 0.1) is 6.42 Å². The van der Waals surface area contributed by atoms with Crippen LogP contribution in [-0.4, -0.2) is 11.8 Å². The van der Waals surface area contributed by atoms with Gasteiger partial charge in [-0.25, -0.2) is 4.39 Å². The molecule has 0 aliphatic carbocycles. The average Bonchev–Trinajstić information content (AvgIpc) is 2.27. The molecule has 0 radical (unpaired) electrons. The molecule has 0 bridgehead atoms. The molecular formula is C14H13FO3. The minimum Gasteiger partial charge on any atom is -0.431 e. The Balaban J connectivity index is 2.50. The Labute approximate surface area is 104 Å². The summed E-state index contributed by atoms with van der Waals surface area (Å²) in [5.41, 5.74) is 1.07. The quantitative estimate of drug-likeness (QED) is 0.756. The molecule has 2 rings (SSSR count). The summed E-state index contributed by atoms with van der Waals surface area (Å²) in [6.07, 6.45) is 0.0652. The van der Waals surface area contributed by atoms with Gasteiger partial charge in [0.1, 0.15) is 11.6 Å². The van der Waals surface area contributed by atoms with E-state index < -0.39 is 11.9 Å². The number of benzene rings is 1. The highest BCUT2D eigenvalue weighted by molar-refractivity contribution is 5.97. The first-order valence-electron chi connectivity index (χ1n) is 5.67. The van der Waals surface area contributed by atoms with Crippen LogP contribution in [-0.2, 0) is 14.3 Å². The normalized spacial score (nSPS) is 19.7. The number of allylic oxidation sites excluding steroid dienone is 2. The summed E-state index contributed by atoms with van der Waals surface area (Å²) < 4.78 is 18.2. The maximum atomic E-state index is 13.2. The standard InChI is InChI=1S/C14H13FO3/c1-8(16)14-9(2)18-13(17)7-12(14)10-4-3-5-11(15)6-10/h3-6,12H,7H2,1-2H3/t12-/m1/s1. The van der Waals surface area contributed by atoms with Gasteiger partial charge in [0, 0.05) is 11.5 Å². The van der Waals surface area contributed by atoms with E-state index in [1.165, 1.54) is 19.1 Å². The van der Waals surface area contributed by atoms with Crippen LogP contribution in [0.5, 0.6) is 0 Å². The second-order valence-electron chi connectivity index (χ2n) is 4.31. The number of esters is 1. The van der Waals surface area contributed by atoms with E-state index in [4.69, 9.17) is 4.74 Å². The fraction of sp³-hybridized carbons (Fsp3) is 0.286. The maximum absolute atomic E-state index is 13.2. The Kier molecular flexibility index (Phi) is 3.28. The lowest BCUT2D eigenvalue weighted by Gasteiger charge is -2.25. The largest absolute Gasteiger partial charge is 0.431 e. The van der Waals surface area contributed by atoms with Gasteiger partial charge in [0.2, 0.25) is 0 Å². The van der Waals surface area contributed by atoms with Crippen molar-refractivity contribution in [1.29, 1.82) is 0 Å². The van der Waals surface area contributed by atoms with Crippen LogP contribution >= 0.6 is 0 Å². The molecule has 94 valence electrons. The SMILES string of the molecule is CC(=O)C1=C(C)OC(=O)C[C@@H]1c1cccc(F)c1. The van der Waals surface area contributed by atoms with Gasteiger partial charge in [-0.2, -0.15) is 0 Å². The Bertz CT molecular complexity index is 546. The van der Waals surface area contributed by atoms with Gasteiger partial charge >= 0.3 is 5.97 Å². The smallest absolute Gasteiger partial charge is 0.311 e. The Morgan fingerprint density at radius 3 is 2.78 bits per heavy atom. The highest BCUT2D eigenvalue weighted by atomic mass is 19.1. The molecule has 0 aromatic heterocycles. The van der Waals surface area contributed by atoms with Crippen molar-refractivity contribution < 1.29 is 18.7 Å². The third kappa shape index (κ3) is 2.32. The molecule has 1 aromatic rings. The number of ether oxygens (including phenoxy) is 1. The van der Waals surface area contributed by atoms with Gasteiger partial charge in [0.15, 0.2) is 5.78 Å². The predicted octanol–water partition coefficient (Wildman–Crippen LogP) is 2.72. The predicted molar refractivity (Wildman–Crippen MR) is 63.2 cm³/mol. The van der Waals surface area contributed by atoms with Gasteiger partial charge in [-0.05, 0) is 31.5 Å². The first-order valence-corrected chi connectivity index (χ1v) is 5.67. The molecule has 1 aliphatic rings. The number of ketones is 1. The molecule has 0 fully saturated rings. The van der Waals surface area contributed by atoms with Crippen molar-refractivity contribution in [1.82, 2.24) is 0 Å². The summed E-state index contributed by atoms with van der Waals surface area (Å²) in [6, 6.07) is 5.95. The number of cyclic esters (lactones) is 1.